The molecule has 3 atom stereocenters. The lowest BCUT2D eigenvalue weighted by Crippen LogP contribution is -2.38. The summed E-state index contributed by atoms with van der Waals surface area (Å²) in [6, 6.07) is 0. The van der Waals surface area contributed by atoms with Crippen LogP contribution in [0.2, 0.25) is 0 Å². The van der Waals surface area contributed by atoms with Gasteiger partial charge < -0.3 is 9.47 Å². The highest BCUT2D eigenvalue weighted by atomic mass is 16.7. The predicted molar refractivity (Wildman–Crippen MR) is 55.1 cm³/mol. The normalized spacial score (nSPS) is 35.7. The van der Waals surface area contributed by atoms with Crippen molar-refractivity contribution in [2.24, 2.45) is 17.0 Å². The van der Waals surface area contributed by atoms with Gasteiger partial charge in [-0.15, -0.1) is 0 Å². The van der Waals surface area contributed by atoms with E-state index in [0.717, 1.165) is 19.4 Å². The molecule has 0 bridgehead atoms. The summed E-state index contributed by atoms with van der Waals surface area (Å²) in [7, 11) is 0. The van der Waals surface area contributed by atoms with E-state index in [2.05, 4.69) is 10.0 Å². The van der Waals surface area contributed by atoms with Crippen LogP contribution in [0, 0.1) is 11.8 Å². The average molecular weight is 211 g/mol. The Morgan fingerprint density at radius 3 is 2.93 bits per heavy atom. The summed E-state index contributed by atoms with van der Waals surface area (Å²) in [6.45, 7) is 5.37. The van der Waals surface area contributed by atoms with Gasteiger partial charge in [0, 0.05) is 28.9 Å². The van der Waals surface area contributed by atoms with Gasteiger partial charge in [0.25, 0.3) is 0 Å². The highest BCUT2D eigenvalue weighted by Crippen LogP contribution is 2.41. The molecule has 0 radical (unpaired) electrons. The maximum absolute atomic E-state index is 8.54. The van der Waals surface area contributed by atoms with Crippen molar-refractivity contribution in [1.82, 2.24) is 0 Å². The molecule has 2 saturated heterocycles. The molecule has 0 saturated carbocycles. The van der Waals surface area contributed by atoms with E-state index in [0.29, 0.717) is 12.5 Å². The first-order chi connectivity index (χ1) is 7.15. The Labute approximate surface area is 89.4 Å². The summed E-state index contributed by atoms with van der Waals surface area (Å²) in [6.07, 6.45) is 2.12. The molecule has 0 unspecified atom stereocenters. The summed E-state index contributed by atoms with van der Waals surface area (Å²) in [4.78, 5) is 2.92. The summed E-state index contributed by atoms with van der Waals surface area (Å²) < 4.78 is 11.1. The molecule has 5 heteroatoms. The molecule has 0 aromatic rings. The molecule has 0 aromatic carbocycles. The van der Waals surface area contributed by atoms with Crippen LogP contribution in [0.4, 0.5) is 0 Å². The monoisotopic (exact) mass is 211 g/mol. The third kappa shape index (κ3) is 1.95. The minimum atomic E-state index is -0.380. The fourth-order valence-corrected chi connectivity index (χ4v) is 2.58. The zero-order chi connectivity index (χ0) is 10.9. The van der Waals surface area contributed by atoms with Crippen LogP contribution in [0.3, 0.4) is 0 Å². The van der Waals surface area contributed by atoms with Gasteiger partial charge in [-0.1, -0.05) is 19.0 Å². The highest BCUT2D eigenvalue weighted by molar-refractivity contribution is 4.95. The van der Waals surface area contributed by atoms with Crippen LogP contribution in [-0.4, -0.2) is 25.0 Å². The van der Waals surface area contributed by atoms with Gasteiger partial charge in [0.15, 0.2) is 6.29 Å². The Hall–Kier alpha value is -0.770. The van der Waals surface area contributed by atoms with Gasteiger partial charge >= 0.3 is 0 Å². The molecule has 0 spiro atoms. The molecule has 0 aromatic heterocycles. The molecule has 2 aliphatic rings. The van der Waals surface area contributed by atoms with Crippen molar-refractivity contribution in [2.45, 2.75) is 38.5 Å². The molecule has 0 amide bonds. The molecular weight excluding hydrogens is 194 g/mol. The second-order valence-electron chi connectivity index (χ2n) is 4.83. The number of nitrogens with zero attached hydrogens (tertiary/aromatic N) is 3. The van der Waals surface area contributed by atoms with Crippen molar-refractivity contribution >= 4 is 0 Å². The third-order valence-electron chi connectivity index (χ3n) is 3.48. The van der Waals surface area contributed by atoms with Crippen LogP contribution in [-0.2, 0) is 9.47 Å². The maximum atomic E-state index is 8.54. The van der Waals surface area contributed by atoms with E-state index in [9.17, 15) is 0 Å². The van der Waals surface area contributed by atoms with Crippen molar-refractivity contribution in [3.8, 4) is 0 Å². The number of hydrogen-bond donors (Lipinski definition) is 0. The summed E-state index contributed by atoms with van der Waals surface area (Å²) >= 11 is 0. The van der Waals surface area contributed by atoms with Gasteiger partial charge in [-0.3, -0.25) is 0 Å². The van der Waals surface area contributed by atoms with Crippen LogP contribution in [0.15, 0.2) is 5.11 Å². The van der Waals surface area contributed by atoms with Gasteiger partial charge in [0.05, 0.1) is 6.61 Å². The Bertz CT molecular complexity index is 286. The maximum Gasteiger partial charge on any atom is 0.160 e. The Morgan fingerprint density at radius 1 is 1.40 bits per heavy atom. The van der Waals surface area contributed by atoms with E-state index in [-0.39, 0.29) is 17.7 Å². The van der Waals surface area contributed by atoms with E-state index >= 15 is 0 Å². The van der Waals surface area contributed by atoms with Gasteiger partial charge in [-0.05, 0) is 18.4 Å². The van der Waals surface area contributed by atoms with Gasteiger partial charge in [-0.25, -0.2) is 0 Å². The summed E-state index contributed by atoms with van der Waals surface area (Å²) in [5.74, 6) is 0.665. The molecule has 2 rings (SSSR count). The number of ether oxygens (including phenoxy) is 2. The van der Waals surface area contributed by atoms with Crippen LogP contribution >= 0.6 is 0 Å². The van der Waals surface area contributed by atoms with Crippen molar-refractivity contribution in [1.29, 1.82) is 0 Å². The highest BCUT2D eigenvalue weighted by Gasteiger charge is 2.46. The lowest BCUT2D eigenvalue weighted by Gasteiger charge is -2.33. The second-order valence-corrected chi connectivity index (χ2v) is 4.83. The first-order valence-corrected chi connectivity index (χ1v) is 5.44. The Morgan fingerprint density at radius 2 is 2.20 bits per heavy atom. The number of rotatable bonds is 2. The fourth-order valence-electron chi connectivity index (χ4n) is 2.58. The van der Waals surface area contributed by atoms with E-state index in [1.807, 2.05) is 13.8 Å². The molecule has 0 aliphatic carbocycles. The molecule has 84 valence electrons. The zero-order valence-corrected chi connectivity index (χ0v) is 9.22. The molecule has 2 heterocycles. The van der Waals surface area contributed by atoms with Gasteiger partial charge in [0.1, 0.15) is 0 Å². The fraction of sp³-hybridized carbons (Fsp3) is 1.00. The van der Waals surface area contributed by atoms with Crippen molar-refractivity contribution in [2.75, 3.05) is 13.2 Å². The Balaban J connectivity index is 2.13. The number of azide groups is 1. The smallest absolute Gasteiger partial charge is 0.160 e. The predicted octanol–water partition coefficient (Wildman–Crippen LogP) is 2.47. The third-order valence-corrected chi connectivity index (χ3v) is 3.48. The summed E-state index contributed by atoms with van der Waals surface area (Å²) in [5, 5.41) is 3.87. The average Bonchev–Trinajstić information content (AvgIpc) is 2.61. The standard InChI is InChI=1S/C10H17N3O2/c1-10(2,12-13-11)8-6-15-9-7(8)4-3-5-14-9/h7-9H,3-6H2,1-2H3/t7-,8-,9+/m0/s1. The Kier molecular flexibility index (Phi) is 2.87. The molecule has 2 aliphatic heterocycles. The van der Waals surface area contributed by atoms with E-state index in [1.165, 1.54) is 0 Å². The summed E-state index contributed by atoms with van der Waals surface area (Å²) in [5.41, 5.74) is 8.16. The van der Waals surface area contributed by atoms with E-state index < -0.39 is 0 Å². The first kappa shape index (κ1) is 10.7. The molecule has 2 fully saturated rings. The minimum Gasteiger partial charge on any atom is -0.352 e. The molecule has 15 heavy (non-hydrogen) atoms. The number of hydrogen-bond acceptors (Lipinski definition) is 3. The van der Waals surface area contributed by atoms with Crippen molar-refractivity contribution < 1.29 is 9.47 Å². The van der Waals surface area contributed by atoms with E-state index in [1.54, 1.807) is 0 Å². The largest absolute Gasteiger partial charge is 0.352 e. The van der Waals surface area contributed by atoms with Crippen LogP contribution in [0.5, 0.6) is 0 Å². The lowest BCUT2D eigenvalue weighted by atomic mass is 9.77. The second kappa shape index (κ2) is 4.00. The quantitative estimate of drug-likeness (QED) is 0.400. The zero-order valence-electron chi connectivity index (χ0n) is 9.22. The molecule has 5 nitrogen and oxygen atoms in total. The first-order valence-electron chi connectivity index (χ1n) is 5.44. The molecule has 0 N–H and O–H groups in total. The molecular formula is C10H17N3O2. The van der Waals surface area contributed by atoms with Gasteiger partial charge in [-0.2, -0.15) is 0 Å². The SMILES string of the molecule is CC(C)(N=[N+]=[N-])[C@H]1CO[C@H]2OCCC[C@H]21. The lowest BCUT2D eigenvalue weighted by molar-refractivity contribution is -0.151. The van der Waals surface area contributed by atoms with Crippen LogP contribution < -0.4 is 0 Å². The van der Waals surface area contributed by atoms with Gasteiger partial charge in [0.2, 0.25) is 0 Å². The number of fused-ring (bicyclic) bond motifs is 1. The van der Waals surface area contributed by atoms with Crippen LogP contribution in [0.1, 0.15) is 26.7 Å². The van der Waals surface area contributed by atoms with Crippen molar-refractivity contribution in [3.05, 3.63) is 10.4 Å². The minimum absolute atomic E-state index is 0.0723. The topological polar surface area (TPSA) is 67.2 Å². The van der Waals surface area contributed by atoms with Crippen LogP contribution in [0.25, 0.3) is 10.4 Å². The van der Waals surface area contributed by atoms with Crippen molar-refractivity contribution in [3.63, 3.8) is 0 Å². The van der Waals surface area contributed by atoms with E-state index in [4.69, 9.17) is 15.0 Å².